The first-order valence-electron chi connectivity index (χ1n) is 17.8. The molecule has 52 heavy (non-hydrogen) atoms. The van der Waals surface area contributed by atoms with Crippen molar-refractivity contribution in [2.45, 2.75) is 6.92 Å². The minimum Gasteiger partial charge on any atom is -0.309 e. The Hall–Kier alpha value is -6.49. The Balaban J connectivity index is 1.21. The molecule has 0 aliphatic rings. The van der Waals surface area contributed by atoms with Crippen LogP contribution in [0.2, 0.25) is 0 Å². The van der Waals surface area contributed by atoms with Gasteiger partial charge in [-0.25, -0.2) is 4.98 Å². The van der Waals surface area contributed by atoms with E-state index in [0.717, 1.165) is 33.8 Å². The van der Waals surface area contributed by atoms with Crippen LogP contribution in [0, 0.1) is 0 Å². The van der Waals surface area contributed by atoms with Gasteiger partial charge in [-0.3, -0.25) is 4.57 Å². The first kappa shape index (κ1) is 29.3. The van der Waals surface area contributed by atoms with Crippen molar-refractivity contribution in [1.29, 1.82) is 0 Å². The van der Waals surface area contributed by atoms with Gasteiger partial charge >= 0.3 is 0 Å². The molecular weight excluding hydrogens is 651 g/mol. The molecular formula is C48H31N3S. The number of para-hydroxylation sites is 4. The van der Waals surface area contributed by atoms with Crippen LogP contribution in [0.25, 0.3) is 103 Å². The lowest BCUT2D eigenvalue weighted by Gasteiger charge is -2.12. The van der Waals surface area contributed by atoms with Crippen LogP contribution < -0.4 is 0 Å². The molecule has 4 heteroatoms. The van der Waals surface area contributed by atoms with Crippen molar-refractivity contribution in [3.63, 3.8) is 0 Å². The molecule has 244 valence electrons. The quantitative estimate of drug-likeness (QED) is 0.170. The number of aromatic nitrogens is 3. The van der Waals surface area contributed by atoms with E-state index >= 15 is 0 Å². The zero-order valence-electron chi connectivity index (χ0n) is 28.4. The van der Waals surface area contributed by atoms with Gasteiger partial charge in [0.2, 0.25) is 0 Å². The Bertz CT molecular complexity index is 3230. The molecule has 0 saturated carbocycles. The van der Waals surface area contributed by atoms with Crippen molar-refractivity contribution >= 4 is 92.0 Å². The summed E-state index contributed by atoms with van der Waals surface area (Å²) in [7, 11) is 0. The van der Waals surface area contributed by atoms with Crippen molar-refractivity contribution in [3.8, 4) is 22.8 Å². The molecule has 3 heterocycles. The number of allylic oxidation sites excluding steroid dienone is 1. The Morgan fingerprint density at radius 1 is 0.481 bits per heavy atom. The number of benzene rings is 8. The zero-order chi connectivity index (χ0) is 34.3. The predicted molar refractivity (Wildman–Crippen MR) is 223 cm³/mol. The highest BCUT2D eigenvalue weighted by Gasteiger charge is 2.23. The summed E-state index contributed by atoms with van der Waals surface area (Å²) < 4.78 is 7.40. The molecule has 0 radical (unpaired) electrons. The van der Waals surface area contributed by atoms with E-state index < -0.39 is 0 Å². The summed E-state index contributed by atoms with van der Waals surface area (Å²) >= 11 is 1.93. The summed E-state index contributed by atoms with van der Waals surface area (Å²) in [5.41, 5.74) is 9.03. The second-order valence-corrected chi connectivity index (χ2v) is 14.5. The summed E-state index contributed by atoms with van der Waals surface area (Å²) in [6, 6.07) is 57.0. The number of hydrogen-bond donors (Lipinski definition) is 0. The van der Waals surface area contributed by atoms with Gasteiger partial charge in [-0.05, 0) is 89.3 Å². The fourth-order valence-corrected chi connectivity index (χ4v) is 9.80. The highest BCUT2D eigenvalue weighted by atomic mass is 32.1. The second kappa shape index (κ2) is 11.3. The lowest BCUT2D eigenvalue weighted by molar-refractivity contribution is 1.10. The van der Waals surface area contributed by atoms with Crippen LogP contribution in [0.3, 0.4) is 0 Å². The van der Waals surface area contributed by atoms with Gasteiger partial charge in [0.1, 0.15) is 5.82 Å². The average Bonchev–Trinajstić information content (AvgIpc) is 3.89. The molecule has 0 atom stereocenters. The molecule has 0 unspecified atom stereocenters. The van der Waals surface area contributed by atoms with Gasteiger partial charge in [-0.1, -0.05) is 109 Å². The summed E-state index contributed by atoms with van der Waals surface area (Å²) in [6.45, 7) is 2.12. The zero-order valence-corrected chi connectivity index (χ0v) is 29.2. The first-order valence-corrected chi connectivity index (χ1v) is 18.6. The topological polar surface area (TPSA) is 22.8 Å². The van der Waals surface area contributed by atoms with Gasteiger partial charge in [-0.15, -0.1) is 11.3 Å². The van der Waals surface area contributed by atoms with Crippen molar-refractivity contribution in [2.75, 3.05) is 0 Å². The van der Waals surface area contributed by atoms with Crippen LogP contribution in [0.4, 0.5) is 0 Å². The first-order chi connectivity index (χ1) is 25.8. The molecule has 0 spiro atoms. The molecule has 8 aromatic carbocycles. The fraction of sp³-hybridized carbons (Fsp3) is 0.0208. The Labute approximate surface area is 303 Å². The molecule has 0 aliphatic carbocycles. The Kier molecular flexibility index (Phi) is 6.34. The SMILES string of the molecule is C/C=C/c1cc2c(c3ccccc3n2-c2ccc(-c3nc4ccccc4n3-c3ccccc3)cc2)c2c1sc1c3ccccc3c3ccccc3c12. The van der Waals surface area contributed by atoms with Crippen LogP contribution in [-0.4, -0.2) is 14.1 Å². The Morgan fingerprint density at radius 2 is 1.10 bits per heavy atom. The molecule has 0 saturated heterocycles. The number of thiophene rings is 1. The van der Waals surface area contributed by atoms with Crippen molar-refractivity contribution in [3.05, 3.63) is 169 Å². The molecule has 0 bridgehead atoms. The maximum absolute atomic E-state index is 5.14. The van der Waals surface area contributed by atoms with E-state index in [9.17, 15) is 0 Å². The van der Waals surface area contributed by atoms with Gasteiger partial charge in [0, 0.05) is 53.3 Å². The maximum Gasteiger partial charge on any atom is 0.145 e. The third kappa shape index (κ3) is 4.10. The fourth-order valence-electron chi connectivity index (χ4n) is 8.44. The van der Waals surface area contributed by atoms with Crippen LogP contribution in [-0.2, 0) is 0 Å². The van der Waals surface area contributed by atoms with E-state index in [1.807, 2.05) is 11.3 Å². The normalized spacial score (nSPS) is 12.2. The summed E-state index contributed by atoms with van der Waals surface area (Å²) in [5, 5.41) is 10.5. The molecule has 0 N–H and O–H groups in total. The smallest absolute Gasteiger partial charge is 0.145 e. The predicted octanol–water partition coefficient (Wildman–Crippen LogP) is 13.5. The van der Waals surface area contributed by atoms with Crippen molar-refractivity contribution in [1.82, 2.24) is 14.1 Å². The van der Waals surface area contributed by atoms with E-state index in [4.69, 9.17) is 4.98 Å². The Morgan fingerprint density at radius 3 is 1.87 bits per heavy atom. The van der Waals surface area contributed by atoms with Crippen LogP contribution in [0.5, 0.6) is 0 Å². The van der Waals surface area contributed by atoms with E-state index in [1.54, 1.807) is 0 Å². The van der Waals surface area contributed by atoms with Crippen LogP contribution in [0.1, 0.15) is 12.5 Å². The van der Waals surface area contributed by atoms with E-state index in [1.165, 1.54) is 69.1 Å². The van der Waals surface area contributed by atoms with Gasteiger partial charge in [-0.2, -0.15) is 0 Å². The number of hydrogen-bond acceptors (Lipinski definition) is 2. The van der Waals surface area contributed by atoms with E-state index in [2.05, 4.69) is 186 Å². The van der Waals surface area contributed by atoms with E-state index in [0.29, 0.717) is 0 Å². The molecule has 3 aromatic heterocycles. The number of imidazole rings is 1. The largest absolute Gasteiger partial charge is 0.309 e. The second-order valence-electron chi connectivity index (χ2n) is 13.5. The highest BCUT2D eigenvalue weighted by molar-refractivity contribution is 7.27. The summed E-state index contributed by atoms with van der Waals surface area (Å²) in [4.78, 5) is 5.14. The molecule has 11 rings (SSSR count). The third-order valence-electron chi connectivity index (χ3n) is 10.6. The summed E-state index contributed by atoms with van der Waals surface area (Å²) in [6.07, 6.45) is 4.45. The minimum atomic E-state index is 0.932. The monoisotopic (exact) mass is 681 g/mol. The molecule has 3 nitrogen and oxygen atoms in total. The number of fused-ring (bicyclic) bond motifs is 13. The van der Waals surface area contributed by atoms with Gasteiger partial charge in [0.25, 0.3) is 0 Å². The molecule has 11 aromatic rings. The molecule has 0 fully saturated rings. The summed E-state index contributed by atoms with van der Waals surface area (Å²) in [5.74, 6) is 0.932. The molecule has 0 aliphatic heterocycles. The number of rotatable bonds is 4. The van der Waals surface area contributed by atoms with E-state index in [-0.39, 0.29) is 0 Å². The number of nitrogens with zero attached hydrogens (tertiary/aromatic N) is 3. The van der Waals surface area contributed by atoms with Gasteiger partial charge in [0.15, 0.2) is 0 Å². The highest BCUT2D eigenvalue weighted by Crippen LogP contribution is 2.50. The average molecular weight is 682 g/mol. The standard InChI is InChI=1S/C48H31N3S/c1-2-14-31-29-42-43(45-44-36-19-8-6-17-34(36)35-18-7-9-20-37(35)47(44)52-46(31)45)38-21-10-12-23-40(38)50(42)33-27-25-30(26-28-33)48-49-39-22-11-13-24-41(39)51(48)32-15-4-3-5-16-32/h2-29H,1H3/b14-2+. The third-order valence-corrected chi connectivity index (χ3v) is 11.9. The van der Waals surface area contributed by atoms with Gasteiger partial charge < -0.3 is 4.57 Å². The lowest BCUT2D eigenvalue weighted by atomic mass is 9.95. The van der Waals surface area contributed by atoms with Gasteiger partial charge in [0.05, 0.1) is 22.1 Å². The maximum atomic E-state index is 5.14. The van der Waals surface area contributed by atoms with Crippen LogP contribution >= 0.6 is 11.3 Å². The van der Waals surface area contributed by atoms with Crippen molar-refractivity contribution < 1.29 is 0 Å². The van der Waals surface area contributed by atoms with Crippen molar-refractivity contribution in [2.24, 2.45) is 0 Å². The van der Waals surface area contributed by atoms with Crippen LogP contribution in [0.15, 0.2) is 164 Å². The lowest BCUT2D eigenvalue weighted by Crippen LogP contribution is -1.98. The molecule has 0 amide bonds. The minimum absolute atomic E-state index is 0.932.